The minimum atomic E-state index is 0.583. The fourth-order valence-electron chi connectivity index (χ4n) is 8.01. The molecule has 0 aliphatic carbocycles. The van der Waals surface area contributed by atoms with Crippen molar-refractivity contribution in [3.05, 3.63) is 194 Å². The maximum Gasteiger partial charge on any atom is 0.164 e. The molecule has 0 saturated heterocycles. The Hall–Kier alpha value is -7.63. The van der Waals surface area contributed by atoms with E-state index in [0.717, 1.165) is 66.5 Å². The molecule has 0 fully saturated rings. The van der Waals surface area contributed by atoms with Gasteiger partial charge in [-0.05, 0) is 53.1 Å². The van der Waals surface area contributed by atoms with E-state index in [9.17, 15) is 0 Å². The van der Waals surface area contributed by atoms with Gasteiger partial charge in [0.05, 0.1) is 22.1 Å². The van der Waals surface area contributed by atoms with Crippen LogP contribution in [-0.2, 0) is 0 Å². The van der Waals surface area contributed by atoms with Crippen LogP contribution in [-0.4, -0.2) is 19.5 Å². The number of rotatable bonds is 6. The van der Waals surface area contributed by atoms with Gasteiger partial charge in [0, 0.05) is 38.4 Å². The van der Waals surface area contributed by atoms with E-state index in [0.29, 0.717) is 17.5 Å². The van der Waals surface area contributed by atoms with Gasteiger partial charge in [-0.3, -0.25) is 0 Å². The van der Waals surface area contributed by atoms with Gasteiger partial charge in [-0.2, -0.15) is 0 Å². The zero-order valence-corrected chi connectivity index (χ0v) is 30.2. The van der Waals surface area contributed by atoms with Crippen LogP contribution in [0.1, 0.15) is 0 Å². The predicted molar refractivity (Wildman–Crippen MR) is 229 cm³/mol. The Morgan fingerprint density at radius 3 is 1.41 bits per heavy atom. The van der Waals surface area contributed by atoms with E-state index in [2.05, 4.69) is 132 Å². The highest BCUT2D eigenvalue weighted by molar-refractivity contribution is 6.17. The molecular weight excluding hydrogens is 685 g/mol. The number of hydrogen-bond acceptors (Lipinski definition) is 4. The summed E-state index contributed by atoms with van der Waals surface area (Å²) in [5, 5.41) is 4.49. The first-order chi connectivity index (χ1) is 27.8. The number of furan rings is 1. The Morgan fingerprint density at radius 2 is 0.821 bits per heavy atom. The van der Waals surface area contributed by atoms with Crippen LogP contribution in [0.2, 0.25) is 0 Å². The summed E-state index contributed by atoms with van der Waals surface area (Å²) in [6, 6.07) is 67.4. The topological polar surface area (TPSA) is 56.7 Å². The van der Waals surface area contributed by atoms with E-state index >= 15 is 0 Å². The number of nitrogens with zero attached hydrogens (tertiary/aromatic N) is 4. The lowest BCUT2D eigenvalue weighted by molar-refractivity contribution is 0.670. The lowest BCUT2D eigenvalue weighted by Crippen LogP contribution is -2.00. The van der Waals surface area contributed by atoms with Gasteiger partial charge in [-0.15, -0.1) is 0 Å². The van der Waals surface area contributed by atoms with Crippen LogP contribution in [0.3, 0.4) is 0 Å². The zero-order valence-electron chi connectivity index (χ0n) is 30.2. The van der Waals surface area contributed by atoms with Crippen LogP contribution in [0, 0.1) is 0 Å². The molecule has 0 saturated carbocycles. The molecular formula is C51H32N4O. The van der Waals surface area contributed by atoms with Crippen LogP contribution < -0.4 is 0 Å². The van der Waals surface area contributed by atoms with Crippen molar-refractivity contribution >= 4 is 43.7 Å². The van der Waals surface area contributed by atoms with E-state index in [1.807, 2.05) is 66.7 Å². The van der Waals surface area contributed by atoms with Crippen LogP contribution in [0.4, 0.5) is 0 Å². The zero-order chi connectivity index (χ0) is 37.0. The van der Waals surface area contributed by atoms with Crippen molar-refractivity contribution < 1.29 is 4.42 Å². The first kappa shape index (κ1) is 31.9. The van der Waals surface area contributed by atoms with Crippen molar-refractivity contribution in [2.75, 3.05) is 0 Å². The Morgan fingerprint density at radius 1 is 0.357 bits per heavy atom. The average molecular weight is 717 g/mol. The second-order valence-electron chi connectivity index (χ2n) is 14.0. The molecule has 5 nitrogen and oxygen atoms in total. The van der Waals surface area contributed by atoms with Crippen molar-refractivity contribution in [3.8, 4) is 62.1 Å². The monoisotopic (exact) mass is 716 g/mol. The van der Waals surface area contributed by atoms with E-state index in [1.54, 1.807) is 0 Å². The molecule has 0 amide bonds. The number of aromatic nitrogens is 4. The summed E-state index contributed by atoms with van der Waals surface area (Å²) in [5.41, 5.74) is 12.1. The summed E-state index contributed by atoms with van der Waals surface area (Å²) in [6.07, 6.45) is 0. The average Bonchev–Trinajstić information content (AvgIpc) is 3.83. The summed E-state index contributed by atoms with van der Waals surface area (Å²) < 4.78 is 9.40. The van der Waals surface area contributed by atoms with Crippen molar-refractivity contribution in [2.45, 2.75) is 0 Å². The molecule has 262 valence electrons. The largest absolute Gasteiger partial charge is 0.455 e. The molecule has 56 heavy (non-hydrogen) atoms. The van der Waals surface area contributed by atoms with Crippen molar-refractivity contribution in [1.82, 2.24) is 19.5 Å². The van der Waals surface area contributed by atoms with Crippen LogP contribution in [0.5, 0.6) is 0 Å². The molecule has 0 unspecified atom stereocenters. The number of benzene rings is 8. The van der Waals surface area contributed by atoms with Gasteiger partial charge in [-0.25, -0.2) is 15.0 Å². The summed E-state index contributed by atoms with van der Waals surface area (Å²) in [7, 11) is 0. The molecule has 0 spiro atoms. The van der Waals surface area contributed by atoms with Gasteiger partial charge in [-0.1, -0.05) is 158 Å². The quantitative estimate of drug-likeness (QED) is 0.172. The van der Waals surface area contributed by atoms with Crippen LogP contribution >= 0.6 is 0 Å². The third kappa shape index (κ3) is 5.29. The first-order valence-corrected chi connectivity index (χ1v) is 18.8. The molecule has 11 aromatic rings. The van der Waals surface area contributed by atoms with E-state index in [-0.39, 0.29) is 0 Å². The van der Waals surface area contributed by atoms with Crippen molar-refractivity contribution in [2.24, 2.45) is 0 Å². The number of para-hydroxylation sites is 2. The van der Waals surface area contributed by atoms with E-state index in [4.69, 9.17) is 19.4 Å². The van der Waals surface area contributed by atoms with Gasteiger partial charge in [0.15, 0.2) is 17.5 Å². The van der Waals surface area contributed by atoms with E-state index in [1.165, 1.54) is 21.9 Å². The van der Waals surface area contributed by atoms with Gasteiger partial charge < -0.3 is 8.98 Å². The molecule has 11 rings (SSSR count). The molecule has 5 heteroatoms. The summed E-state index contributed by atoms with van der Waals surface area (Å²) >= 11 is 0. The minimum Gasteiger partial charge on any atom is -0.455 e. The molecule has 3 aromatic heterocycles. The third-order valence-electron chi connectivity index (χ3n) is 10.7. The van der Waals surface area contributed by atoms with Gasteiger partial charge >= 0.3 is 0 Å². The lowest BCUT2D eigenvalue weighted by Gasteiger charge is -2.12. The van der Waals surface area contributed by atoms with Gasteiger partial charge in [0.1, 0.15) is 11.2 Å². The molecule has 3 heterocycles. The van der Waals surface area contributed by atoms with Crippen molar-refractivity contribution in [1.29, 1.82) is 0 Å². The Kier molecular flexibility index (Phi) is 7.42. The molecule has 0 N–H and O–H groups in total. The van der Waals surface area contributed by atoms with Gasteiger partial charge in [0.25, 0.3) is 0 Å². The fourth-order valence-corrected chi connectivity index (χ4v) is 8.01. The molecule has 0 bridgehead atoms. The van der Waals surface area contributed by atoms with E-state index < -0.39 is 0 Å². The van der Waals surface area contributed by atoms with Gasteiger partial charge in [0.2, 0.25) is 0 Å². The highest BCUT2D eigenvalue weighted by Gasteiger charge is 2.22. The predicted octanol–water partition coefficient (Wildman–Crippen LogP) is 13.2. The minimum absolute atomic E-state index is 0.583. The smallest absolute Gasteiger partial charge is 0.164 e. The standard InChI is InChI=1S/C51H32N4O/c1-4-14-33(15-5-1)34-24-26-35(27-25-34)39-30-31-45(55-43-22-12-10-20-40(43)41-21-11-13-23-44(41)55)47-42-29-28-38(32-46(42)56-48(39)47)51-53-49(36-16-6-2-7-17-36)52-50(54-51)37-18-8-3-9-19-37/h1-32H. The maximum atomic E-state index is 7.02. The lowest BCUT2D eigenvalue weighted by atomic mass is 9.98. The fraction of sp³-hybridized carbons (Fsp3) is 0. The molecule has 0 atom stereocenters. The van der Waals surface area contributed by atoms with Crippen LogP contribution in [0.15, 0.2) is 199 Å². The number of hydrogen-bond donors (Lipinski definition) is 0. The second-order valence-corrected chi connectivity index (χ2v) is 14.0. The number of fused-ring (bicyclic) bond motifs is 6. The molecule has 0 aliphatic rings. The Bertz CT molecular complexity index is 3110. The van der Waals surface area contributed by atoms with Crippen LogP contribution in [0.25, 0.3) is 106 Å². The Labute approximate surface area is 322 Å². The van der Waals surface area contributed by atoms with Crippen molar-refractivity contribution in [3.63, 3.8) is 0 Å². The molecule has 0 radical (unpaired) electrons. The highest BCUT2D eigenvalue weighted by Crippen LogP contribution is 2.43. The summed E-state index contributed by atoms with van der Waals surface area (Å²) in [5.74, 6) is 1.82. The summed E-state index contributed by atoms with van der Waals surface area (Å²) in [4.78, 5) is 14.9. The molecule has 0 aliphatic heterocycles. The first-order valence-electron chi connectivity index (χ1n) is 18.8. The third-order valence-corrected chi connectivity index (χ3v) is 10.7. The highest BCUT2D eigenvalue weighted by atomic mass is 16.3. The summed E-state index contributed by atoms with van der Waals surface area (Å²) in [6.45, 7) is 0. The molecule has 8 aromatic carbocycles. The normalized spacial score (nSPS) is 11.6. The maximum absolute atomic E-state index is 7.02. The Balaban J connectivity index is 1.15. The SMILES string of the molecule is c1ccc(-c2ccc(-c3ccc(-n4c5ccccc5c5ccccc54)c4c3oc3cc(-c5nc(-c6ccccc6)nc(-c6ccccc6)n5)ccc34)cc2)cc1. The second kappa shape index (κ2) is 13.0.